The Kier molecular flexibility index (Phi) is 5.55. The van der Waals surface area contributed by atoms with Gasteiger partial charge in [-0.3, -0.25) is 4.79 Å². The topological polar surface area (TPSA) is 82.2 Å². The maximum atomic E-state index is 11.7. The highest BCUT2D eigenvalue weighted by Crippen LogP contribution is 2.14. The normalized spacial score (nSPS) is 12.0. The Hall–Kier alpha value is -2.34. The van der Waals surface area contributed by atoms with Crippen molar-refractivity contribution in [1.29, 1.82) is 0 Å². The standard InChI is InChI=1S/C16H22N4O2/c1-12(17)3-8-16(21)18-11-13-9-10-20(19-13)14-4-6-15(22-2)7-5-14/h4-7,9-10,12H,3,8,11,17H2,1-2H3,(H,18,21). The van der Waals surface area contributed by atoms with Crippen LogP contribution < -0.4 is 15.8 Å². The lowest BCUT2D eigenvalue weighted by molar-refractivity contribution is -0.121. The van der Waals surface area contributed by atoms with Gasteiger partial charge in [0.25, 0.3) is 0 Å². The Balaban J connectivity index is 1.89. The average Bonchev–Trinajstić information content (AvgIpc) is 3.00. The molecule has 6 nitrogen and oxygen atoms in total. The van der Waals surface area contributed by atoms with Crippen molar-refractivity contribution in [2.24, 2.45) is 5.73 Å². The van der Waals surface area contributed by atoms with Gasteiger partial charge in [0.2, 0.25) is 5.91 Å². The van der Waals surface area contributed by atoms with E-state index in [0.717, 1.165) is 17.1 Å². The van der Waals surface area contributed by atoms with Gasteiger partial charge in [-0.15, -0.1) is 0 Å². The summed E-state index contributed by atoms with van der Waals surface area (Å²) in [4.78, 5) is 11.7. The van der Waals surface area contributed by atoms with E-state index in [9.17, 15) is 4.79 Å². The molecule has 0 bridgehead atoms. The number of nitrogens with one attached hydrogen (secondary N) is 1. The fraction of sp³-hybridized carbons (Fsp3) is 0.375. The van der Waals surface area contributed by atoms with Gasteiger partial charge in [0.15, 0.2) is 0 Å². The molecule has 0 saturated carbocycles. The zero-order valence-electron chi connectivity index (χ0n) is 13.0. The smallest absolute Gasteiger partial charge is 0.220 e. The van der Waals surface area contributed by atoms with Crippen molar-refractivity contribution in [1.82, 2.24) is 15.1 Å². The number of ether oxygens (including phenoxy) is 1. The first-order valence-electron chi connectivity index (χ1n) is 7.29. The summed E-state index contributed by atoms with van der Waals surface area (Å²) >= 11 is 0. The second-order valence-electron chi connectivity index (χ2n) is 5.24. The molecule has 22 heavy (non-hydrogen) atoms. The van der Waals surface area contributed by atoms with Gasteiger partial charge >= 0.3 is 0 Å². The average molecular weight is 302 g/mol. The summed E-state index contributed by atoms with van der Waals surface area (Å²) in [5.41, 5.74) is 7.38. The molecule has 1 aromatic carbocycles. The third-order valence-electron chi connectivity index (χ3n) is 3.27. The van der Waals surface area contributed by atoms with Crippen molar-refractivity contribution in [3.8, 4) is 11.4 Å². The number of rotatable bonds is 7. The highest BCUT2D eigenvalue weighted by Gasteiger charge is 2.06. The molecule has 3 N–H and O–H groups in total. The molecule has 1 atom stereocenters. The number of methoxy groups -OCH3 is 1. The van der Waals surface area contributed by atoms with E-state index in [1.807, 2.05) is 43.5 Å². The second-order valence-corrected chi connectivity index (χ2v) is 5.24. The molecule has 0 aliphatic carbocycles. The van der Waals surface area contributed by atoms with Crippen LogP contribution in [-0.4, -0.2) is 28.8 Å². The van der Waals surface area contributed by atoms with Gasteiger partial charge in [-0.2, -0.15) is 5.10 Å². The first-order valence-corrected chi connectivity index (χ1v) is 7.29. The minimum absolute atomic E-state index is 0.00343. The molecule has 6 heteroatoms. The van der Waals surface area contributed by atoms with E-state index >= 15 is 0 Å². The van der Waals surface area contributed by atoms with Crippen LogP contribution in [0.3, 0.4) is 0 Å². The molecule has 0 saturated heterocycles. The monoisotopic (exact) mass is 302 g/mol. The van der Waals surface area contributed by atoms with E-state index in [1.165, 1.54) is 0 Å². The van der Waals surface area contributed by atoms with E-state index in [0.29, 0.717) is 19.4 Å². The summed E-state index contributed by atoms with van der Waals surface area (Å²) in [5, 5.41) is 7.29. The fourth-order valence-corrected chi connectivity index (χ4v) is 1.97. The zero-order valence-corrected chi connectivity index (χ0v) is 13.0. The third kappa shape index (κ3) is 4.60. The highest BCUT2D eigenvalue weighted by atomic mass is 16.5. The van der Waals surface area contributed by atoms with Crippen LogP contribution in [0.25, 0.3) is 5.69 Å². The molecule has 0 aliphatic rings. The van der Waals surface area contributed by atoms with Crippen molar-refractivity contribution >= 4 is 5.91 Å². The first-order chi connectivity index (χ1) is 10.6. The van der Waals surface area contributed by atoms with Crippen LogP contribution in [0.4, 0.5) is 0 Å². The Bertz CT molecular complexity index is 605. The molecule has 0 aliphatic heterocycles. The molecule has 1 aromatic heterocycles. The van der Waals surface area contributed by atoms with Crippen LogP contribution in [0.15, 0.2) is 36.5 Å². The number of carbonyl (C=O) groups excluding carboxylic acids is 1. The lowest BCUT2D eigenvalue weighted by Crippen LogP contribution is -2.25. The maximum absolute atomic E-state index is 11.7. The van der Waals surface area contributed by atoms with E-state index in [4.69, 9.17) is 10.5 Å². The Morgan fingerprint density at radius 1 is 1.36 bits per heavy atom. The summed E-state index contributed by atoms with van der Waals surface area (Å²) in [7, 11) is 1.63. The molecule has 2 aromatic rings. The number of hydrogen-bond acceptors (Lipinski definition) is 4. The van der Waals surface area contributed by atoms with Gasteiger partial charge in [-0.25, -0.2) is 4.68 Å². The van der Waals surface area contributed by atoms with E-state index < -0.39 is 0 Å². The molecule has 118 valence electrons. The summed E-state index contributed by atoms with van der Waals surface area (Å²) in [6.45, 7) is 2.31. The molecule has 0 radical (unpaired) electrons. The second kappa shape index (κ2) is 7.61. The predicted octanol–water partition coefficient (Wildman–Crippen LogP) is 1.62. The van der Waals surface area contributed by atoms with Crippen LogP contribution in [-0.2, 0) is 11.3 Å². The molecule has 2 rings (SSSR count). The number of carbonyl (C=O) groups is 1. The van der Waals surface area contributed by atoms with Crippen molar-refractivity contribution < 1.29 is 9.53 Å². The number of aromatic nitrogens is 2. The first kappa shape index (κ1) is 16.0. The summed E-state index contributed by atoms with van der Waals surface area (Å²) in [5.74, 6) is 0.800. The SMILES string of the molecule is COc1ccc(-n2ccc(CNC(=O)CCC(C)N)n2)cc1. The lowest BCUT2D eigenvalue weighted by Gasteiger charge is -2.06. The molecular weight excluding hydrogens is 280 g/mol. The van der Waals surface area contributed by atoms with Crippen LogP contribution >= 0.6 is 0 Å². The summed E-state index contributed by atoms with van der Waals surface area (Å²) in [6.07, 6.45) is 2.99. The Morgan fingerprint density at radius 2 is 2.09 bits per heavy atom. The highest BCUT2D eigenvalue weighted by molar-refractivity contribution is 5.75. The van der Waals surface area contributed by atoms with Crippen molar-refractivity contribution in [3.05, 3.63) is 42.2 Å². The quantitative estimate of drug-likeness (QED) is 0.814. The van der Waals surface area contributed by atoms with Gasteiger partial charge in [0.05, 0.1) is 25.0 Å². The summed E-state index contributed by atoms with van der Waals surface area (Å²) < 4.78 is 6.90. The van der Waals surface area contributed by atoms with Crippen molar-refractivity contribution in [3.63, 3.8) is 0 Å². The number of hydrogen-bond donors (Lipinski definition) is 2. The van der Waals surface area contributed by atoms with Gasteiger partial charge < -0.3 is 15.8 Å². The van der Waals surface area contributed by atoms with Gasteiger partial charge in [-0.05, 0) is 43.7 Å². The number of nitrogens with zero attached hydrogens (tertiary/aromatic N) is 2. The molecule has 1 heterocycles. The van der Waals surface area contributed by atoms with E-state index in [2.05, 4.69) is 10.4 Å². The van der Waals surface area contributed by atoms with Crippen LogP contribution in [0.2, 0.25) is 0 Å². The van der Waals surface area contributed by atoms with Crippen LogP contribution in [0.5, 0.6) is 5.75 Å². The largest absolute Gasteiger partial charge is 0.497 e. The lowest BCUT2D eigenvalue weighted by atomic mass is 10.2. The van der Waals surface area contributed by atoms with Gasteiger partial charge in [-0.1, -0.05) is 0 Å². The third-order valence-corrected chi connectivity index (χ3v) is 3.27. The van der Waals surface area contributed by atoms with Gasteiger partial charge in [0, 0.05) is 18.7 Å². The molecule has 0 fully saturated rings. The minimum atomic E-state index is -0.00343. The van der Waals surface area contributed by atoms with E-state index in [-0.39, 0.29) is 11.9 Å². The Morgan fingerprint density at radius 3 is 2.73 bits per heavy atom. The van der Waals surface area contributed by atoms with Gasteiger partial charge in [0.1, 0.15) is 5.75 Å². The zero-order chi connectivity index (χ0) is 15.9. The fourth-order valence-electron chi connectivity index (χ4n) is 1.97. The van der Waals surface area contributed by atoms with Crippen molar-refractivity contribution in [2.45, 2.75) is 32.4 Å². The Labute approximate surface area is 130 Å². The number of amides is 1. The summed E-state index contributed by atoms with van der Waals surface area (Å²) in [6, 6.07) is 9.54. The molecule has 1 unspecified atom stereocenters. The molecular formula is C16H22N4O2. The van der Waals surface area contributed by atoms with Crippen LogP contribution in [0, 0.1) is 0 Å². The van der Waals surface area contributed by atoms with Crippen molar-refractivity contribution in [2.75, 3.05) is 7.11 Å². The van der Waals surface area contributed by atoms with E-state index in [1.54, 1.807) is 11.8 Å². The maximum Gasteiger partial charge on any atom is 0.220 e. The predicted molar refractivity (Wildman–Crippen MR) is 84.8 cm³/mol. The minimum Gasteiger partial charge on any atom is -0.497 e. The number of nitrogens with two attached hydrogens (primary N) is 1. The number of benzene rings is 1. The molecule has 1 amide bonds. The van der Waals surface area contributed by atoms with Crippen LogP contribution in [0.1, 0.15) is 25.5 Å². The molecule has 0 spiro atoms.